The second kappa shape index (κ2) is 8.53. The smallest absolute Gasteiger partial charge is 0.268 e. The lowest BCUT2D eigenvalue weighted by Gasteiger charge is -2.12. The zero-order valence-corrected chi connectivity index (χ0v) is 17.3. The zero-order chi connectivity index (χ0) is 20.2. The Morgan fingerprint density at radius 2 is 1.83 bits per heavy atom. The van der Waals surface area contributed by atoms with Crippen molar-refractivity contribution in [3.8, 4) is 22.8 Å². The Hall–Kier alpha value is -3.06. The van der Waals surface area contributed by atoms with E-state index in [0.29, 0.717) is 27.8 Å². The maximum Gasteiger partial charge on any atom is 0.268 e. The summed E-state index contributed by atoms with van der Waals surface area (Å²) in [6.07, 6.45) is 2.32. The summed E-state index contributed by atoms with van der Waals surface area (Å²) in [5.41, 5.74) is 2.23. The van der Waals surface area contributed by atoms with Gasteiger partial charge in [-0.2, -0.15) is 0 Å². The van der Waals surface area contributed by atoms with Gasteiger partial charge in [-0.3, -0.25) is 4.79 Å². The largest absolute Gasteiger partial charge is 0.497 e. The van der Waals surface area contributed by atoms with Crippen molar-refractivity contribution < 1.29 is 14.3 Å². The van der Waals surface area contributed by atoms with Crippen LogP contribution in [0, 0.1) is 0 Å². The molecule has 0 radical (unpaired) electrons. The number of anilines is 2. The number of carbonyl (C=O) groups excluding carboxylic acids is 1. The fourth-order valence-electron chi connectivity index (χ4n) is 3.38. The first-order valence-corrected chi connectivity index (χ1v) is 10.4. The molecule has 1 fully saturated rings. The van der Waals surface area contributed by atoms with Crippen LogP contribution in [0.4, 0.5) is 10.8 Å². The first-order chi connectivity index (χ1) is 14.2. The van der Waals surface area contributed by atoms with E-state index in [1.54, 1.807) is 32.4 Å². The highest BCUT2D eigenvalue weighted by atomic mass is 32.1. The van der Waals surface area contributed by atoms with Gasteiger partial charge >= 0.3 is 0 Å². The van der Waals surface area contributed by atoms with E-state index in [9.17, 15) is 4.79 Å². The van der Waals surface area contributed by atoms with Crippen LogP contribution in [-0.2, 0) is 0 Å². The molecule has 0 bridgehead atoms. The molecule has 0 saturated carbocycles. The summed E-state index contributed by atoms with van der Waals surface area (Å²) in [6.45, 7) is 1.96. The molecule has 7 heteroatoms. The average molecular weight is 410 g/mol. The summed E-state index contributed by atoms with van der Waals surface area (Å²) in [5.74, 6) is 1.01. The Morgan fingerprint density at radius 3 is 2.52 bits per heavy atom. The molecule has 6 nitrogen and oxygen atoms in total. The Bertz CT molecular complexity index is 998. The monoisotopic (exact) mass is 409 g/mol. The quantitative estimate of drug-likeness (QED) is 0.640. The van der Waals surface area contributed by atoms with E-state index in [2.05, 4.69) is 10.2 Å². The zero-order valence-electron chi connectivity index (χ0n) is 16.5. The number of hydrogen-bond donors (Lipinski definition) is 1. The number of amides is 1. The fourth-order valence-corrected chi connectivity index (χ4v) is 4.41. The van der Waals surface area contributed by atoms with Crippen molar-refractivity contribution in [2.75, 3.05) is 37.5 Å². The molecule has 0 aliphatic carbocycles. The van der Waals surface area contributed by atoms with E-state index < -0.39 is 0 Å². The van der Waals surface area contributed by atoms with Crippen LogP contribution in [0.2, 0.25) is 0 Å². The van der Waals surface area contributed by atoms with Crippen molar-refractivity contribution in [2.24, 2.45) is 0 Å². The van der Waals surface area contributed by atoms with Crippen LogP contribution in [0.3, 0.4) is 0 Å². The molecule has 0 atom stereocenters. The van der Waals surface area contributed by atoms with Gasteiger partial charge in [-0.25, -0.2) is 4.98 Å². The molecule has 0 unspecified atom stereocenters. The molecule has 2 heterocycles. The predicted molar refractivity (Wildman–Crippen MR) is 116 cm³/mol. The SMILES string of the molecule is COc1ccc(NC(=O)c2sc(N3CCCC3)nc2-c2ccccc2)c(OC)c1. The predicted octanol–water partition coefficient (Wildman–Crippen LogP) is 4.68. The van der Waals surface area contributed by atoms with E-state index in [0.717, 1.165) is 36.6 Å². The van der Waals surface area contributed by atoms with Crippen molar-refractivity contribution >= 4 is 28.1 Å². The Balaban J connectivity index is 1.68. The molecule has 1 aliphatic rings. The number of nitrogens with one attached hydrogen (secondary N) is 1. The standard InChI is InChI=1S/C22H23N3O3S/c1-27-16-10-11-17(18(14-16)28-2)23-21(26)20-19(15-8-4-3-5-9-15)24-22(29-20)25-12-6-7-13-25/h3-5,8-11,14H,6-7,12-13H2,1-2H3,(H,23,26). The number of methoxy groups -OCH3 is 2. The number of carbonyl (C=O) groups is 1. The van der Waals surface area contributed by atoms with E-state index >= 15 is 0 Å². The van der Waals surface area contributed by atoms with Gasteiger partial charge in [0.25, 0.3) is 5.91 Å². The van der Waals surface area contributed by atoms with Crippen LogP contribution in [0.5, 0.6) is 11.5 Å². The van der Waals surface area contributed by atoms with Crippen molar-refractivity contribution in [3.05, 3.63) is 53.4 Å². The van der Waals surface area contributed by atoms with Crippen molar-refractivity contribution in [3.63, 3.8) is 0 Å². The van der Waals surface area contributed by atoms with Crippen LogP contribution < -0.4 is 19.7 Å². The number of hydrogen-bond acceptors (Lipinski definition) is 6. The summed E-state index contributed by atoms with van der Waals surface area (Å²) < 4.78 is 10.6. The molecule has 1 N–H and O–H groups in total. The molecule has 2 aromatic carbocycles. The number of thiazole rings is 1. The topological polar surface area (TPSA) is 63.7 Å². The lowest BCUT2D eigenvalue weighted by molar-refractivity contribution is 0.103. The van der Waals surface area contributed by atoms with Gasteiger partial charge in [-0.1, -0.05) is 41.7 Å². The summed E-state index contributed by atoms with van der Waals surface area (Å²) in [4.78, 5) is 20.9. The molecule has 1 aliphatic heterocycles. The minimum absolute atomic E-state index is 0.199. The van der Waals surface area contributed by atoms with Crippen LogP contribution in [0.1, 0.15) is 22.5 Å². The van der Waals surface area contributed by atoms with Gasteiger partial charge in [-0.05, 0) is 25.0 Å². The minimum atomic E-state index is -0.199. The number of rotatable bonds is 6. The normalized spacial score (nSPS) is 13.4. The molecule has 3 aromatic rings. The van der Waals surface area contributed by atoms with Crippen LogP contribution in [0.15, 0.2) is 48.5 Å². The van der Waals surface area contributed by atoms with Gasteiger partial charge in [0.1, 0.15) is 16.4 Å². The third kappa shape index (κ3) is 4.05. The molecule has 1 saturated heterocycles. The third-order valence-electron chi connectivity index (χ3n) is 4.90. The van der Waals surface area contributed by atoms with Gasteiger partial charge in [0.05, 0.1) is 25.6 Å². The molecular weight excluding hydrogens is 386 g/mol. The average Bonchev–Trinajstić information content (AvgIpc) is 3.44. The Labute approximate surface area is 174 Å². The first-order valence-electron chi connectivity index (χ1n) is 9.54. The summed E-state index contributed by atoms with van der Waals surface area (Å²) in [7, 11) is 3.16. The van der Waals surface area contributed by atoms with Gasteiger partial charge < -0.3 is 19.7 Å². The molecule has 1 amide bonds. The van der Waals surface area contributed by atoms with Crippen molar-refractivity contribution in [1.29, 1.82) is 0 Å². The van der Waals surface area contributed by atoms with Gasteiger partial charge in [0, 0.05) is 24.7 Å². The Morgan fingerprint density at radius 1 is 1.07 bits per heavy atom. The number of aromatic nitrogens is 1. The molecule has 1 aromatic heterocycles. The maximum absolute atomic E-state index is 13.2. The second-order valence-corrected chi connectivity index (χ2v) is 7.73. The lowest BCUT2D eigenvalue weighted by atomic mass is 10.1. The molecular formula is C22H23N3O3S. The lowest BCUT2D eigenvalue weighted by Crippen LogP contribution is -2.17. The number of nitrogens with zero attached hydrogens (tertiary/aromatic N) is 2. The minimum Gasteiger partial charge on any atom is -0.497 e. The first kappa shape index (κ1) is 19.3. The van der Waals surface area contributed by atoms with E-state index in [4.69, 9.17) is 14.5 Å². The number of ether oxygens (including phenoxy) is 2. The third-order valence-corrected chi connectivity index (χ3v) is 6.02. The van der Waals surface area contributed by atoms with Crippen LogP contribution in [0.25, 0.3) is 11.3 Å². The molecule has 29 heavy (non-hydrogen) atoms. The number of benzene rings is 2. The Kier molecular flexibility index (Phi) is 5.67. The van der Waals surface area contributed by atoms with Crippen LogP contribution in [-0.4, -0.2) is 38.2 Å². The van der Waals surface area contributed by atoms with Crippen LogP contribution >= 0.6 is 11.3 Å². The summed E-state index contributed by atoms with van der Waals surface area (Å²) in [5, 5.41) is 3.87. The van der Waals surface area contributed by atoms with Crippen molar-refractivity contribution in [1.82, 2.24) is 4.98 Å². The summed E-state index contributed by atoms with van der Waals surface area (Å²) in [6, 6.07) is 15.1. The van der Waals surface area contributed by atoms with Crippen molar-refractivity contribution in [2.45, 2.75) is 12.8 Å². The van der Waals surface area contributed by atoms with Gasteiger partial charge in [-0.15, -0.1) is 0 Å². The fraction of sp³-hybridized carbons (Fsp3) is 0.273. The highest BCUT2D eigenvalue weighted by Gasteiger charge is 2.24. The molecule has 0 spiro atoms. The second-order valence-electron chi connectivity index (χ2n) is 6.75. The van der Waals surface area contributed by atoms with Gasteiger partial charge in [0.15, 0.2) is 5.13 Å². The van der Waals surface area contributed by atoms with E-state index in [1.807, 2.05) is 30.3 Å². The maximum atomic E-state index is 13.2. The molecule has 150 valence electrons. The van der Waals surface area contributed by atoms with Gasteiger partial charge in [0.2, 0.25) is 0 Å². The van der Waals surface area contributed by atoms with E-state index in [1.165, 1.54) is 11.3 Å². The highest BCUT2D eigenvalue weighted by Crippen LogP contribution is 2.36. The highest BCUT2D eigenvalue weighted by molar-refractivity contribution is 7.18. The van der Waals surface area contributed by atoms with E-state index in [-0.39, 0.29) is 5.91 Å². The summed E-state index contributed by atoms with van der Waals surface area (Å²) >= 11 is 1.44. The molecule has 4 rings (SSSR count).